The van der Waals surface area contributed by atoms with E-state index < -0.39 is 9.85 Å². The number of nitro groups is 2. The van der Waals surface area contributed by atoms with E-state index in [1.807, 2.05) is 0 Å². The highest BCUT2D eigenvalue weighted by Crippen LogP contribution is 2.30. The zero-order valence-corrected chi connectivity index (χ0v) is 7.98. The summed E-state index contributed by atoms with van der Waals surface area (Å²) in [5, 5.41) is 20.9. The molecule has 0 fully saturated rings. The van der Waals surface area contributed by atoms with Crippen LogP contribution in [0.15, 0.2) is 23.1 Å². The lowest BCUT2D eigenvalue weighted by atomic mass is 10.3. The second-order valence-corrected chi connectivity index (χ2v) is 3.22. The van der Waals surface area contributed by atoms with Gasteiger partial charge in [0.2, 0.25) is 0 Å². The number of nitro benzene ring substituents is 2. The van der Waals surface area contributed by atoms with Crippen molar-refractivity contribution in [2.75, 3.05) is 6.26 Å². The fourth-order valence-corrected chi connectivity index (χ4v) is 1.52. The minimum absolute atomic E-state index is 0.108. The molecule has 0 aromatic heterocycles. The molecule has 0 N–H and O–H groups in total. The maximum absolute atomic E-state index is 10.5. The lowest BCUT2D eigenvalue weighted by molar-refractivity contribution is -0.391. The summed E-state index contributed by atoms with van der Waals surface area (Å²) in [6, 6.07) is 3.46. The van der Waals surface area contributed by atoms with Crippen molar-refractivity contribution in [2.24, 2.45) is 0 Å². The number of non-ortho nitro benzene ring substituents is 1. The Hall–Kier alpha value is -1.63. The molecule has 0 atom stereocenters. The van der Waals surface area contributed by atoms with Gasteiger partial charge >= 0.3 is 0 Å². The molecule has 0 amide bonds. The molecule has 1 aromatic carbocycles. The van der Waals surface area contributed by atoms with E-state index in [0.717, 1.165) is 23.9 Å². The van der Waals surface area contributed by atoms with Gasteiger partial charge in [0.25, 0.3) is 11.4 Å². The monoisotopic (exact) mass is 214 g/mol. The van der Waals surface area contributed by atoms with E-state index >= 15 is 0 Å². The van der Waals surface area contributed by atoms with E-state index in [1.54, 1.807) is 6.26 Å². The summed E-state index contributed by atoms with van der Waals surface area (Å²) >= 11 is 1.11. The van der Waals surface area contributed by atoms with Crippen LogP contribution >= 0.6 is 11.8 Å². The largest absolute Gasteiger partial charge is 0.283 e. The fraction of sp³-hybridized carbons (Fsp3) is 0.143. The predicted octanol–water partition coefficient (Wildman–Crippen LogP) is 2.22. The molecule has 1 rings (SSSR count). The summed E-state index contributed by atoms with van der Waals surface area (Å²) in [6.07, 6.45) is 1.63. The van der Waals surface area contributed by atoms with Crippen molar-refractivity contribution in [3.63, 3.8) is 0 Å². The van der Waals surface area contributed by atoms with Gasteiger partial charge in [-0.3, -0.25) is 20.2 Å². The normalized spacial score (nSPS) is 9.79. The van der Waals surface area contributed by atoms with Crippen molar-refractivity contribution in [3.05, 3.63) is 38.4 Å². The molecule has 74 valence electrons. The van der Waals surface area contributed by atoms with Gasteiger partial charge in [-0.05, 0) is 6.26 Å². The molecule has 0 spiro atoms. The Balaban J connectivity index is 3.25. The number of benzene rings is 1. The summed E-state index contributed by atoms with van der Waals surface area (Å²) in [7, 11) is 0. The maximum atomic E-state index is 10.5. The summed E-state index contributed by atoms with van der Waals surface area (Å²) in [5.41, 5.74) is -0.247. The van der Waals surface area contributed by atoms with Crippen LogP contribution in [-0.2, 0) is 0 Å². The second kappa shape index (κ2) is 4.05. The lowest BCUT2D eigenvalue weighted by Gasteiger charge is -1.98. The summed E-state index contributed by atoms with van der Waals surface area (Å²) < 4.78 is 0. The summed E-state index contributed by atoms with van der Waals surface area (Å²) in [4.78, 5) is 20.0. The Morgan fingerprint density at radius 1 is 1.21 bits per heavy atom. The molecule has 0 aliphatic rings. The number of nitrogens with zero attached hydrogens (tertiary/aromatic N) is 2. The predicted molar refractivity (Wildman–Crippen MR) is 51.5 cm³/mol. The molecular weight excluding hydrogens is 208 g/mol. The zero-order valence-electron chi connectivity index (χ0n) is 7.17. The summed E-state index contributed by atoms with van der Waals surface area (Å²) in [5.74, 6) is 0. The molecule has 0 aliphatic carbocycles. The zero-order chi connectivity index (χ0) is 10.7. The minimum Gasteiger partial charge on any atom is -0.258 e. The number of rotatable bonds is 3. The first-order chi connectivity index (χ1) is 6.56. The highest BCUT2D eigenvalue weighted by molar-refractivity contribution is 7.98. The van der Waals surface area contributed by atoms with Gasteiger partial charge in [0.05, 0.1) is 14.7 Å². The Morgan fingerprint density at radius 3 is 2.29 bits per heavy atom. The van der Waals surface area contributed by atoms with E-state index in [4.69, 9.17) is 0 Å². The van der Waals surface area contributed by atoms with Crippen LogP contribution in [0.4, 0.5) is 11.4 Å². The van der Waals surface area contributed by atoms with Crippen LogP contribution in [0.3, 0.4) is 0 Å². The number of thioether (sulfide) groups is 1. The standard InChI is InChI=1S/C7H6N2O4S/c1-14-7-4-5(8(10)11)2-3-6(7)9(12)13/h2-4H,1H3. The van der Waals surface area contributed by atoms with Crippen molar-refractivity contribution in [2.45, 2.75) is 4.90 Å². The van der Waals surface area contributed by atoms with Crippen LogP contribution in [0.25, 0.3) is 0 Å². The molecule has 0 bridgehead atoms. The van der Waals surface area contributed by atoms with E-state index in [9.17, 15) is 20.2 Å². The van der Waals surface area contributed by atoms with Crippen molar-refractivity contribution in [1.82, 2.24) is 0 Å². The highest BCUT2D eigenvalue weighted by atomic mass is 32.2. The van der Waals surface area contributed by atoms with Crippen molar-refractivity contribution in [1.29, 1.82) is 0 Å². The molecule has 0 unspecified atom stereocenters. The quantitative estimate of drug-likeness (QED) is 0.437. The molecule has 0 saturated heterocycles. The van der Waals surface area contributed by atoms with E-state index in [1.165, 1.54) is 6.07 Å². The van der Waals surface area contributed by atoms with Crippen LogP contribution in [0.1, 0.15) is 0 Å². The van der Waals surface area contributed by atoms with Crippen LogP contribution < -0.4 is 0 Å². The lowest BCUT2D eigenvalue weighted by Crippen LogP contribution is -1.93. The molecule has 0 saturated carbocycles. The third kappa shape index (κ3) is 1.99. The Kier molecular flexibility index (Phi) is 3.03. The van der Waals surface area contributed by atoms with Crippen LogP contribution in [0.2, 0.25) is 0 Å². The third-order valence-corrected chi connectivity index (χ3v) is 2.34. The Morgan fingerprint density at radius 2 is 1.86 bits per heavy atom. The smallest absolute Gasteiger partial charge is 0.258 e. The van der Waals surface area contributed by atoms with Gasteiger partial charge in [-0.2, -0.15) is 0 Å². The fourth-order valence-electron chi connectivity index (χ4n) is 0.931. The molecule has 14 heavy (non-hydrogen) atoms. The molecule has 1 aromatic rings. The van der Waals surface area contributed by atoms with Gasteiger partial charge in [-0.25, -0.2) is 0 Å². The second-order valence-electron chi connectivity index (χ2n) is 2.37. The number of hydrogen-bond acceptors (Lipinski definition) is 5. The Bertz CT molecular complexity index is 393. The van der Waals surface area contributed by atoms with Gasteiger partial charge in [-0.1, -0.05) is 0 Å². The topological polar surface area (TPSA) is 86.3 Å². The van der Waals surface area contributed by atoms with Crippen LogP contribution in [0.5, 0.6) is 0 Å². The molecule has 0 radical (unpaired) electrons. The van der Waals surface area contributed by atoms with Crippen molar-refractivity contribution in [3.8, 4) is 0 Å². The summed E-state index contributed by atoms with van der Waals surface area (Å²) in [6.45, 7) is 0. The van der Waals surface area contributed by atoms with E-state index in [-0.39, 0.29) is 11.4 Å². The maximum Gasteiger partial charge on any atom is 0.283 e. The van der Waals surface area contributed by atoms with Crippen LogP contribution in [0, 0.1) is 20.2 Å². The third-order valence-electron chi connectivity index (χ3n) is 1.57. The van der Waals surface area contributed by atoms with E-state index in [2.05, 4.69) is 0 Å². The highest BCUT2D eigenvalue weighted by Gasteiger charge is 2.17. The van der Waals surface area contributed by atoms with Gasteiger partial charge < -0.3 is 0 Å². The molecular formula is C7H6N2O4S. The molecule has 0 aliphatic heterocycles. The first kappa shape index (κ1) is 10.5. The SMILES string of the molecule is CSc1cc([N+](=O)[O-])ccc1[N+](=O)[O-]. The van der Waals surface area contributed by atoms with Crippen molar-refractivity contribution < 1.29 is 9.85 Å². The van der Waals surface area contributed by atoms with Crippen LogP contribution in [-0.4, -0.2) is 16.1 Å². The Labute approximate surface area is 83.2 Å². The van der Waals surface area contributed by atoms with Crippen molar-refractivity contribution >= 4 is 23.1 Å². The number of hydrogen-bond donors (Lipinski definition) is 0. The molecule has 0 heterocycles. The van der Waals surface area contributed by atoms with Gasteiger partial charge in [0, 0.05) is 18.2 Å². The first-order valence-electron chi connectivity index (χ1n) is 3.53. The first-order valence-corrected chi connectivity index (χ1v) is 4.75. The van der Waals surface area contributed by atoms with E-state index in [0.29, 0.717) is 4.90 Å². The van der Waals surface area contributed by atoms with Gasteiger partial charge in [0.15, 0.2) is 0 Å². The average Bonchev–Trinajstić information content (AvgIpc) is 2.16. The minimum atomic E-state index is -0.580. The van der Waals surface area contributed by atoms with Gasteiger partial charge in [-0.15, -0.1) is 11.8 Å². The van der Waals surface area contributed by atoms with Gasteiger partial charge in [0.1, 0.15) is 0 Å². The average molecular weight is 214 g/mol. The molecule has 7 heteroatoms. The molecule has 6 nitrogen and oxygen atoms in total.